The van der Waals surface area contributed by atoms with Gasteiger partial charge < -0.3 is 5.32 Å². The zero-order valence-electron chi connectivity index (χ0n) is 12.2. The average molecular weight is 309 g/mol. The van der Waals surface area contributed by atoms with E-state index in [2.05, 4.69) is 30.5 Å². The van der Waals surface area contributed by atoms with E-state index >= 15 is 0 Å². The maximum absolute atomic E-state index is 14.1. The molecular formula is C15H12FN7. The van der Waals surface area contributed by atoms with Crippen molar-refractivity contribution in [1.29, 1.82) is 0 Å². The molecule has 0 atom stereocenters. The molecule has 0 unspecified atom stereocenters. The molecule has 23 heavy (non-hydrogen) atoms. The Kier molecular flexibility index (Phi) is 3.00. The Hall–Kier alpha value is -3.29. The Morgan fingerprint density at radius 3 is 2.91 bits per heavy atom. The Bertz CT molecular complexity index is 975. The van der Waals surface area contributed by atoms with Crippen molar-refractivity contribution in [2.45, 2.75) is 6.92 Å². The summed E-state index contributed by atoms with van der Waals surface area (Å²) in [6.45, 7) is 1.80. The van der Waals surface area contributed by atoms with Gasteiger partial charge in [0.05, 0.1) is 5.69 Å². The summed E-state index contributed by atoms with van der Waals surface area (Å²) in [5.41, 5.74) is 1.51. The van der Waals surface area contributed by atoms with E-state index in [4.69, 9.17) is 0 Å². The van der Waals surface area contributed by atoms with Crippen LogP contribution in [0.5, 0.6) is 0 Å². The molecule has 4 aromatic heterocycles. The first-order valence-corrected chi connectivity index (χ1v) is 6.96. The normalized spacial score (nSPS) is 11.0. The van der Waals surface area contributed by atoms with Crippen LogP contribution < -0.4 is 5.32 Å². The van der Waals surface area contributed by atoms with Gasteiger partial charge in [-0.15, -0.1) is 0 Å². The second kappa shape index (κ2) is 5.16. The summed E-state index contributed by atoms with van der Waals surface area (Å²) in [5.74, 6) is 1.27. The number of nitrogens with zero attached hydrogens (tertiary/aromatic N) is 5. The highest BCUT2D eigenvalue weighted by molar-refractivity contribution is 5.77. The van der Waals surface area contributed by atoms with Crippen molar-refractivity contribution in [1.82, 2.24) is 29.5 Å². The fraction of sp³-hybridized carbons (Fsp3) is 0.0667. The van der Waals surface area contributed by atoms with Crippen molar-refractivity contribution in [3.05, 3.63) is 54.5 Å². The lowest BCUT2D eigenvalue weighted by Gasteiger charge is -2.05. The molecule has 7 nitrogen and oxygen atoms in total. The van der Waals surface area contributed by atoms with Gasteiger partial charge >= 0.3 is 0 Å². The number of pyridine rings is 1. The third-order valence-electron chi connectivity index (χ3n) is 3.37. The van der Waals surface area contributed by atoms with Gasteiger partial charge in [0.15, 0.2) is 23.1 Å². The van der Waals surface area contributed by atoms with Crippen LogP contribution in [0.25, 0.3) is 17.0 Å². The maximum Gasteiger partial charge on any atom is 0.175 e. The smallest absolute Gasteiger partial charge is 0.175 e. The molecule has 0 saturated carbocycles. The summed E-state index contributed by atoms with van der Waals surface area (Å²) in [7, 11) is 0. The van der Waals surface area contributed by atoms with E-state index < -0.39 is 5.82 Å². The van der Waals surface area contributed by atoms with Gasteiger partial charge in [-0.25, -0.2) is 19.3 Å². The highest BCUT2D eigenvalue weighted by atomic mass is 19.1. The molecule has 114 valence electrons. The number of aromatic amines is 1. The fourth-order valence-corrected chi connectivity index (χ4v) is 2.41. The molecule has 0 radical (unpaired) electrons. The van der Waals surface area contributed by atoms with Crippen LogP contribution in [0.4, 0.5) is 16.0 Å². The van der Waals surface area contributed by atoms with Gasteiger partial charge in [-0.1, -0.05) is 0 Å². The molecule has 4 rings (SSSR count). The first-order chi connectivity index (χ1) is 11.2. The highest BCUT2D eigenvalue weighted by Gasteiger charge is 2.18. The number of aryl methyl sites for hydroxylation is 1. The Labute approximate surface area is 130 Å². The summed E-state index contributed by atoms with van der Waals surface area (Å²) in [4.78, 5) is 12.9. The molecule has 0 bridgehead atoms. The van der Waals surface area contributed by atoms with Crippen LogP contribution >= 0.6 is 0 Å². The number of nitrogens with one attached hydrogen (secondary N) is 2. The Balaban J connectivity index is 1.97. The lowest BCUT2D eigenvalue weighted by Crippen LogP contribution is -1.98. The van der Waals surface area contributed by atoms with E-state index in [1.807, 2.05) is 0 Å². The molecule has 0 aromatic carbocycles. The van der Waals surface area contributed by atoms with Gasteiger partial charge in [0.25, 0.3) is 0 Å². The lowest BCUT2D eigenvalue weighted by atomic mass is 10.3. The Morgan fingerprint density at radius 2 is 2.13 bits per heavy atom. The predicted octanol–water partition coefficient (Wildman–Crippen LogP) is 2.71. The predicted molar refractivity (Wildman–Crippen MR) is 82.8 cm³/mol. The molecule has 0 saturated heterocycles. The molecule has 2 N–H and O–H groups in total. The topological polar surface area (TPSA) is 83.8 Å². The number of imidazole rings is 1. The molecule has 0 aliphatic carbocycles. The monoisotopic (exact) mass is 309 g/mol. The summed E-state index contributed by atoms with van der Waals surface area (Å²) >= 11 is 0. The van der Waals surface area contributed by atoms with Crippen molar-refractivity contribution < 1.29 is 4.39 Å². The minimum atomic E-state index is -0.408. The van der Waals surface area contributed by atoms with Crippen LogP contribution in [0, 0.1) is 12.7 Å². The highest BCUT2D eigenvalue weighted by Crippen LogP contribution is 2.30. The zero-order valence-corrected chi connectivity index (χ0v) is 12.2. The van der Waals surface area contributed by atoms with E-state index in [1.165, 1.54) is 6.07 Å². The van der Waals surface area contributed by atoms with Crippen LogP contribution in [0.15, 0.2) is 42.9 Å². The molecule has 8 heteroatoms. The number of anilines is 2. The first kappa shape index (κ1) is 13.4. The summed E-state index contributed by atoms with van der Waals surface area (Å²) < 4.78 is 15.7. The number of H-pyrrole nitrogens is 1. The van der Waals surface area contributed by atoms with Gasteiger partial charge in [0.2, 0.25) is 0 Å². The summed E-state index contributed by atoms with van der Waals surface area (Å²) in [5, 5.41) is 9.85. The number of rotatable bonds is 3. The van der Waals surface area contributed by atoms with E-state index in [0.29, 0.717) is 28.8 Å². The van der Waals surface area contributed by atoms with Crippen LogP contribution in [-0.4, -0.2) is 29.5 Å². The van der Waals surface area contributed by atoms with Gasteiger partial charge in [-0.05, 0) is 25.1 Å². The molecule has 4 heterocycles. The van der Waals surface area contributed by atoms with Crippen LogP contribution in [-0.2, 0) is 0 Å². The van der Waals surface area contributed by atoms with Crippen molar-refractivity contribution >= 4 is 17.3 Å². The third kappa shape index (κ3) is 2.30. The SMILES string of the molecule is Cc1nccc(-c2c(Nc3cc[nH]n3)nc3c(F)cccn23)n1. The zero-order chi connectivity index (χ0) is 15.8. The number of hydrogen-bond donors (Lipinski definition) is 2. The van der Waals surface area contributed by atoms with Gasteiger partial charge in [-0.2, -0.15) is 5.10 Å². The van der Waals surface area contributed by atoms with Crippen LogP contribution in [0.1, 0.15) is 5.82 Å². The minimum absolute atomic E-state index is 0.219. The largest absolute Gasteiger partial charge is 0.322 e. The second-order valence-electron chi connectivity index (χ2n) is 4.93. The number of fused-ring (bicyclic) bond motifs is 1. The van der Waals surface area contributed by atoms with Gasteiger partial charge in [-0.3, -0.25) is 9.50 Å². The molecule has 0 aliphatic rings. The molecule has 0 amide bonds. The van der Waals surface area contributed by atoms with Crippen molar-refractivity contribution in [2.75, 3.05) is 5.32 Å². The molecule has 4 aromatic rings. The fourth-order valence-electron chi connectivity index (χ4n) is 2.41. The van der Waals surface area contributed by atoms with E-state index in [9.17, 15) is 4.39 Å². The van der Waals surface area contributed by atoms with Gasteiger partial charge in [0.1, 0.15) is 11.5 Å². The van der Waals surface area contributed by atoms with E-state index in [1.54, 1.807) is 48.1 Å². The first-order valence-electron chi connectivity index (χ1n) is 6.96. The molecule has 0 fully saturated rings. The molecule has 0 aliphatic heterocycles. The van der Waals surface area contributed by atoms with Crippen LogP contribution in [0.2, 0.25) is 0 Å². The summed E-state index contributed by atoms with van der Waals surface area (Å²) in [6.07, 6.45) is 5.09. The Morgan fingerprint density at radius 1 is 1.22 bits per heavy atom. The average Bonchev–Trinajstić information content (AvgIpc) is 3.16. The quantitative estimate of drug-likeness (QED) is 0.608. The number of aromatic nitrogens is 6. The van der Waals surface area contributed by atoms with Gasteiger partial charge in [0, 0.05) is 24.7 Å². The van der Waals surface area contributed by atoms with Crippen LogP contribution in [0.3, 0.4) is 0 Å². The third-order valence-corrected chi connectivity index (χ3v) is 3.37. The number of hydrogen-bond acceptors (Lipinski definition) is 5. The second-order valence-corrected chi connectivity index (χ2v) is 4.93. The lowest BCUT2D eigenvalue weighted by molar-refractivity contribution is 0.630. The summed E-state index contributed by atoms with van der Waals surface area (Å²) in [6, 6.07) is 6.52. The maximum atomic E-state index is 14.1. The van der Waals surface area contributed by atoms with Crippen molar-refractivity contribution in [3.8, 4) is 11.4 Å². The molecular weight excluding hydrogens is 297 g/mol. The van der Waals surface area contributed by atoms with Crippen molar-refractivity contribution in [2.24, 2.45) is 0 Å². The number of halogens is 1. The van der Waals surface area contributed by atoms with Crippen molar-refractivity contribution in [3.63, 3.8) is 0 Å². The van der Waals surface area contributed by atoms with E-state index in [-0.39, 0.29) is 5.65 Å². The van der Waals surface area contributed by atoms with E-state index in [0.717, 1.165) is 0 Å². The standard InChI is InChI=1S/C15H12FN7/c1-9-17-6-4-11(19-9)13-14(20-12-5-7-18-22-12)21-15-10(16)3-2-8-23(13)15/h2-8H,1H3,(H2,18,20,22). The minimum Gasteiger partial charge on any atom is -0.322 e. The molecule has 0 spiro atoms.